The molecule has 1 N–H and O–H groups in total. The van der Waals surface area contributed by atoms with Gasteiger partial charge in [0, 0.05) is 17.5 Å². The fourth-order valence-corrected chi connectivity index (χ4v) is 2.57. The Kier molecular flexibility index (Phi) is 7.58. The molecule has 2 aromatic carbocycles. The third-order valence-electron chi connectivity index (χ3n) is 4.35. The number of benzene rings is 2. The lowest BCUT2D eigenvalue weighted by Crippen LogP contribution is -2.34. The molecule has 158 valence electrons. The van der Waals surface area contributed by atoms with Crippen molar-refractivity contribution in [3.8, 4) is 0 Å². The maximum absolute atomic E-state index is 12.9. The summed E-state index contributed by atoms with van der Waals surface area (Å²) in [6.45, 7) is 5.52. The average Bonchev–Trinajstić information content (AvgIpc) is 2.70. The van der Waals surface area contributed by atoms with Crippen molar-refractivity contribution in [2.24, 2.45) is 0 Å². The molecule has 0 aromatic heterocycles. The van der Waals surface area contributed by atoms with E-state index in [0.717, 1.165) is 17.7 Å². The van der Waals surface area contributed by atoms with E-state index < -0.39 is 30.2 Å². The molecule has 0 radical (unpaired) electrons. The van der Waals surface area contributed by atoms with Crippen molar-refractivity contribution in [3.05, 3.63) is 71.0 Å². The Labute approximate surface area is 174 Å². The Hall–Kier alpha value is -3.35. The van der Waals surface area contributed by atoms with Gasteiger partial charge in [-0.15, -0.1) is 0 Å². The standard InChI is InChI=1S/C23H24FNO5/c1-23(2,3)17-8-4-16(5-9-17)22(29)25-20(27)14-30-21(28)13-12-19(26)15-6-10-18(24)11-7-15/h4-11H,12-14H2,1-3H3,(H,25,27,29). The van der Waals surface area contributed by atoms with Crippen LogP contribution in [0.1, 0.15) is 59.9 Å². The first-order valence-electron chi connectivity index (χ1n) is 9.45. The van der Waals surface area contributed by atoms with Crippen molar-refractivity contribution in [2.75, 3.05) is 6.61 Å². The Balaban J connectivity index is 1.75. The summed E-state index contributed by atoms with van der Waals surface area (Å²) in [6.07, 6.45) is -0.364. The van der Waals surface area contributed by atoms with Crippen molar-refractivity contribution < 1.29 is 28.3 Å². The van der Waals surface area contributed by atoms with Gasteiger partial charge in [0.1, 0.15) is 5.82 Å². The zero-order valence-electron chi connectivity index (χ0n) is 17.2. The quantitative estimate of drug-likeness (QED) is 0.554. The summed E-state index contributed by atoms with van der Waals surface area (Å²) in [6, 6.07) is 11.8. The van der Waals surface area contributed by atoms with Gasteiger partial charge in [0.05, 0.1) is 6.42 Å². The van der Waals surface area contributed by atoms with Gasteiger partial charge in [0.15, 0.2) is 12.4 Å². The molecule has 2 amide bonds. The highest BCUT2D eigenvalue weighted by Crippen LogP contribution is 2.22. The fourth-order valence-electron chi connectivity index (χ4n) is 2.57. The third-order valence-corrected chi connectivity index (χ3v) is 4.35. The van der Waals surface area contributed by atoms with Crippen LogP contribution in [0.4, 0.5) is 4.39 Å². The minimum absolute atomic E-state index is 0.0584. The lowest BCUT2D eigenvalue weighted by Gasteiger charge is -2.18. The molecule has 0 aliphatic carbocycles. The molecular formula is C23H24FNO5. The number of ketones is 1. The fraction of sp³-hybridized carbons (Fsp3) is 0.304. The number of hydrogen-bond donors (Lipinski definition) is 1. The third kappa shape index (κ3) is 6.92. The molecule has 2 aromatic rings. The van der Waals surface area contributed by atoms with Crippen LogP contribution < -0.4 is 5.32 Å². The first-order valence-corrected chi connectivity index (χ1v) is 9.45. The van der Waals surface area contributed by atoms with Crippen molar-refractivity contribution in [2.45, 2.75) is 39.0 Å². The van der Waals surface area contributed by atoms with E-state index in [1.165, 1.54) is 12.1 Å². The maximum atomic E-state index is 12.9. The summed E-state index contributed by atoms with van der Waals surface area (Å²) >= 11 is 0. The van der Waals surface area contributed by atoms with Gasteiger partial charge in [-0.25, -0.2) is 4.39 Å². The summed E-state index contributed by atoms with van der Waals surface area (Å²) < 4.78 is 17.7. The van der Waals surface area contributed by atoms with Crippen LogP contribution in [0.3, 0.4) is 0 Å². The first-order chi connectivity index (χ1) is 14.1. The van der Waals surface area contributed by atoms with E-state index in [2.05, 4.69) is 5.32 Å². The molecule has 0 bridgehead atoms. The zero-order chi connectivity index (χ0) is 22.3. The van der Waals surface area contributed by atoms with Crippen LogP contribution in [0.2, 0.25) is 0 Å². The molecule has 7 heteroatoms. The number of halogens is 1. The number of Topliss-reactive ketones (excluding diaryl/α,β-unsaturated/α-hetero) is 1. The molecule has 0 unspecified atom stereocenters. The van der Waals surface area contributed by atoms with Gasteiger partial charge in [-0.1, -0.05) is 32.9 Å². The lowest BCUT2D eigenvalue weighted by atomic mass is 9.87. The number of hydrogen-bond acceptors (Lipinski definition) is 5. The van der Waals surface area contributed by atoms with Crippen LogP contribution in [0.5, 0.6) is 0 Å². The largest absolute Gasteiger partial charge is 0.456 e. The van der Waals surface area contributed by atoms with Crippen LogP contribution >= 0.6 is 0 Å². The van der Waals surface area contributed by atoms with Crippen molar-refractivity contribution in [1.82, 2.24) is 5.32 Å². The van der Waals surface area contributed by atoms with Crippen molar-refractivity contribution >= 4 is 23.6 Å². The second-order valence-electron chi connectivity index (χ2n) is 7.80. The molecule has 30 heavy (non-hydrogen) atoms. The predicted molar refractivity (Wildman–Crippen MR) is 109 cm³/mol. The minimum atomic E-state index is -0.766. The SMILES string of the molecule is CC(C)(C)c1ccc(C(=O)NC(=O)COC(=O)CCC(=O)c2ccc(F)cc2)cc1. The number of imide groups is 1. The number of carbonyl (C=O) groups excluding carboxylic acids is 4. The van der Waals surface area contributed by atoms with E-state index in [9.17, 15) is 23.6 Å². The molecule has 2 rings (SSSR count). The Morgan fingerprint density at radius 2 is 1.43 bits per heavy atom. The van der Waals surface area contributed by atoms with E-state index in [-0.39, 0.29) is 29.6 Å². The van der Waals surface area contributed by atoms with Crippen LogP contribution in [-0.4, -0.2) is 30.2 Å². The molecule has 0 heterocycles. The molecule has 0 atom stereocenters. The van der Waals surface area contributed by atoms with E-state index in [1.54, 1.807) is 12.1 Å². The molecule has 0 saturated carbocycles. The average molecular weight is 413 g/mol. The molecular weight excluding hydrogens is 389 g/mol. The molecule has 0 spiro atoms. The number of carbonyl (C=O) groups is 4. The van der Waals surface area contributed by atoms with Gasteiger partial charge in [-0.3, -0.25) is 24.5 Å². The van der Waals surface area contributed by atoms with Gasteiger partial charge in [0.2, 0.25) is 0 Å². The second kappa shape index (κ2) is 9.91. The molecule has 0 saturated heterocycles. The summed E-state index contributed by atoms with van der Waals surface area (Å²) in [5.41, 5.74) is 1.59. The smallest absolute Gasteiger partial charge is 0.306 e. The van der Waals surface area contributed by atoms with Crippen LogP contribution in [0.15, 0.2) is 48.5 Å². The lowest BCUT2D eigenvalue weighted by molar-refractivity contribution is -0.148. The summed E-state index contributed by atoms with van der Waals surface area (Å²) in [5, 5.41) is 2.15. The summed E-state index contributed by atoms with van der Waals surface area (Å²) in [7, 11) is 0. The van der Waals surface area contributed by atoms with Crippen molar-refractivity contribution in [1.29, 1.82) is 0 Å². The van der Waals surface area contributed by atoms with E-state index in [4.69, 9.17) is 4.74 Å². The van der Waals surface area contributed by atoms with Crippen LogP contribution in [0.25, 0.3) is 0 Å². The molecule has 0 aliphatic heterocycles. The normalized spacial score (nSPS) is 10.9. The minimum Gasteiger partial charge on any atom is -0.456 e. The van der Waals surface area contributed by atoms with E-state index >= 15 is 0 Å². The summed E-state index contributed by atoms with van der Waals surface area (Å²) in [4.78, 5) is 47.6. The van der Waals surface area contributed by atoms with Crippen LogP contribution in [0, 0.1) is 5.82 Å². The number of ether oxygens (including phenoxy) is 1. The van der Waals surface area contributed by atoms with E-state index in [0.29, 0.717) is 5.56 Å². The van der Waals surface area contributed by atoms with Gasteiger partial charge in [-0.2, -0.15) is 0 Å². The highest BCUT2D eigenvalue weighted by molar-refractivity contribution is 6.05. The van der Waals surface area contributed by atoms with Crippen molar-refractivity contribution in [3.63, 3.8) is 0 Å². The topological polar surface area (TPSA) is 89.5 Å². The van der Waals surface area contributed by atoms with Gasteiger partial charge < -0.3 is 4.74 Å². The number of nitrogens with one attached hydrogen (secondary N) is 1. The van der Waals surface area contributed by atoms with Gasteiger partial charge in [-0.05, 0) is 47.4 Å². The predicted octanol–water partition coefficient (Wildman–Crippen LogP) is 3.59. The van der Waals surface area contributed by atoms with Gasteiger partial charge >= 0.3 is 5.97 Å². The molecule has 0 fully saturated rings. The molecule has 0 aliphatic rings. The summed E-state index contributed by atoms with van der Waals surface area (Å²) in [5.74, 6) is -2.91. The first kappa shape index (κ1) is 22.9. The maximum Gasteiger partial charge on any atom is 0.306 e. The number of esters is 1. The second-order valence-corrected chi connectivity index (χ2v) is 7.80. The molecule has 6 nitrogen and oxygen atoms in total. The number of amides is 2. The highest BCUT2D eigenvalue weighted by Gasteiger charge is 2.16. The highest BCUT2D eigenvalue weighted by atomic mass is 19.1. The Morgan fingerprint density at radius 3 is 2.00 bits per heavy atom. The number of rotatable bonds is 7. The Bertz CT molecular complexity index is 928. The van der Waals surface area contributed by atoms with Gasteiger partial charge in [0.25, 0.3) is 11.8 Å². The Morgan fingerprint density at radius 1 is 0.867 bits per heavy atom. The monoisotopic (exact) mass is 413 g/mol. The zero-order valence-corrected chi connectivity index (χ0v) is 17.2. The van der Waals surface area contributed by atoms with Crippen LogP contribution in [-0.2, 0) is 19.7 Å². The van der Waals surface area contributed by atoms with E-state index in [1.807, 2.05) is 32.9 Å².